The van der Waals surface area contributed by atoms with Crippen LogP contribution in [0.15, 0.2) is 18.2 Å². The van der Waals surface area contributed by atoms with Crippen molar-refractivity contribution in [2.24, 2.45) is 0 Å². The van der Waals surface area contributed by atoms with E-state index in [1.54, 1.807) is 0 Å². The SMILES string of the molecule is O=[N+]([O-])c1ccc(NCC(O)CCl)c(F)c1. The van der Waals surface area contributed by atoms with Crippen LogP contribution >= 0.6 is 11.6 Å². The van der Waals surface area contributed by atoms with Crippen molar-refractivity contribution in [1.82, 2.24) is 0 Å². The first-order valence-corrected chi connectivity index (χ1v) is 5.00. The van der Waals surface area contributed by atoms with E-state index in [4.69, 9.17) is 16.7 Å². The number of halogens is 2. The van der Waals surface area contributed by atoms with Crippen LogP contribution in [0.3, 0.4) is 0 Å². The monoisotopic (exact) mass is 248 g/mol. The van der Waals surface area contributed by atoms with E-state index in [0.717, 1.165) is 6.07 Å². The van der Waals surface area contributed by atoms with Crippen LogP contribution in [0.5, 0.6) is 0 Å². The molecule has 0 fully saturated rings. The highest BCUT2D eigenvalue weighted by Gasteiger charge is 2.11. The summed E-state index contributed by atoms with van der Waals surface area (Å²) in [6.07, 6.45) is -0.795. The minimum atomic E-state index is -0.795. The number of nitrogens with zero attached hydrogens (tertiary/aromatic N) is 1. The van der Waals surface area contributed by atoms with Crippen molar-refractivity contribution in [3.05, 3.63) is 34.1 Å². The molecule has 0 aliphatic carbocycles. The molecule has 0 saturated carbocycles. The van der Waals surface area contributed by atoms with Crippen LogP contribution in [0.25, 0.3) is 0 Å². The van der Waals surface area contributed by atoms with Crippen LogP contribution in [0.4, 0.5) is 15.8 Å². The third kappa shape index (κ3) is 3.32. The zero-order chi connectivity index (χ0) is 12.1. The summed E-state index contributed by atoms with van der Waals surface area (Å²) in [6.45, 7) is 0.0816. The van der Waals surface area contributed by atoms with Gasteiger partial charge < -0.3 is 10.4 Å². The molecule has 0 aliphatic rings. The van der Waals surface area contributed by atoms with Gasteiger partial charge in [-0.2, -0.15) is 0 Å². The van der Waals surface area contributed by atoms with E-state index in [2.05, 4.69) is 5.32 Å². The molecule has 7 heteroatoms. The van der Waals surface area contributed by atoms with E-state index in [9.17, 15) is 14.5 Å². The molecule has 1 rings (SSSR count). The van der Waals surface area contributed by atoms with Gasteiger partial charge in [0.1, 0.15) is 0 Å². The van der Waals surface area contributed by atoms with E-state index in [1.807, 2.05) is 0 Å². The Morgan fingerprint density at radius 2 is 2.31 bits per heavy atom. The molecule has 0 saturated heterocycles. The van der Waals surface area contributed by atoms with Crippen molar-refractivity contribution in [3.8, 4) is 0 Å². The standard InChI is InChI=1S/C9H10ClFN2O3/c10-4-7(14)5-12-9-2-1-6(13(15)16)3-8(9)11/h1-3,7,12,14H,4-5H2. The Kier molecular flexibility index (Phi) is 4.45. The van der Waals surface area contributed by atoms with E-state index in [0.29, 0.717) is 0 Å². The van der Waals surface area contributed by atoms with Gasteiger partial charge in [-0.1, -0.05) is 0 Å². The number of nitrogens with one attached hydrogen (secondary N) is 1. The molecular weight excluding hydrogens is 239 g/mol. The van der Waals surface area contributed by atoms with Gasteiger partial charge in [0, 0.05) is 12.6 Å². The Labute approximate surface area is 96.0 Å². The lowest BCUT2D eigenvalue weighted by atomic mass is 10.2. The maximum atomic E-state index is 13.3. The Hall–Kier alpha value is -1.40. The molecule has 1 aromatic rings. The number of benzene rings is 1. The number of hydrogen-bond donors (Lipinski definition) is 2. The first-order chi connectivity index (χ1) is 7.54. The molecule has 0 bridgehead atoms. The van der Waals surface area contributed by atoms with Crippen LogP contribution in [0.1, 0.15) is 0 Å². The molecule has 0 aromatic heterocycles. The molecule has 2 N–H and O–H groups in total. The number of hydrogen-bond acceptors (Lipinski definition) is 4. The number of anilines is 1. The summed E-state index contributed by atoms with van der Waals surface area (Å²) >= 11 is 5.35. The maximum absolute atomic E-state index is 13.3. The highest BCUT2D eigenvalue weighted by atomic mass is 35.5. The number of nitro groups is 1. The number of rotatable bonds is 5. The molecule has 1 unspecified atom stereocenters. The van der Waals surface area contributed by atoms with E-state index in [-0.39, 0.29) is 23.8 Å². The molecule has 1 atom stereocenters. The topological polar surface area (TPSA) is 75.4 Å². The molecule has 1 aromatic carbocycles. The fourth-order valence-corrected chi connectivity index (χ4v) is 1.15. The minimum Gasteiger partial charge on any atom is -0.390 e. The van der Waals surface area contributed by atoms with Crippen molar-refractivity contribution in [2.75, 3.05) is 17.7 Å². The molecule has 0 amide bonds. The van der Waals surface area contributed by atoms with Gasteiger partial charge in [-0.05, 0) is 6.07 Å². The third-order valence-corrected chi connectivity index (χ3v) is 2.23. The molecule has 5 nitrogen and oxygen atoms in total. The quantitative estimate of drug-likeness (QED) is 0.473. The molecule has 88 valence electrons. The summed E-state index contributed by atoms with van der Waals surface area (Å²) in [5.41, 5.74) is -0.226. The van der Waals surface area contributed by atoms with Crippen LogP contribution in [0.2, 0.25) is 0 Å². The normalized spacial score (nSPS) is 12.2. The van der Waals surface area contributed by atoms with Gasteiger partial charge in [-0.25, -0.2) is 4.39 Å². The second-order valence-corrected chi connectivity index (χ2v) is 3.42. The number of alkyl halides is 1. The van der Waals surface area contributed by atoms with Crippen molar-refractivity contribution in [1.29, 1.82) is 0 Å². The zero-order valence-electron chi connectivity index (χ0n) is 8.19. The average Bonchev–Trinajstić information content (AvgIpc) is 2.26. The van der Waals surface area contributed by atoms with Gasteiger partial charge in [0.15, 0.2) is 5.82 Å². The van der Waals surface area contributed by atoms with E-state index >= 15 is 0 Å². The fraction of sp³-hybridized carbons (Fsp3) is 0.333. The molecule has 0 aliphatic heterocycles. The summed E-state index contributed by atoms with van der Waals surface area (Å²) in [7, 11) is 0. The second kappa shape index (κ2) is 5.62. The lowest BCUT2D eigenvalue weighted by molar-refractivity contribution is -0.385. The Bertz CT molecular complexity index is 389. The van der Waals surface area contributed by atoms with Gasteiger partial charge in [0.05, 0.1) is 28.7 Å². The van der Waals surface area contributed by atoms with E-state index < -0.39 is 16.8 Å². The lowest BCUT2D eigenvalue weighted by Crippen LogP contribution is -2.21. The number of aliphatic hydroxyl groups is 1. The van der Waals surface area contributed by atoms with Gasteiger partial charge in [-0.15, -0.1) is 11.6 Å². The summed E-state index contributed by atoms with van der Waals surface area (Å²) < 4.78 is 13.3. The van der Waals surface area contributed by atoms with Crippen LogP contribution in [-0.4, -0.2) is 28.6 Å². The Morgan fingerprint density at radius 3 is 2.81 bits per heavy atom. The Balaban J connectivity index is 2.72. The van der Waals surface area contributed by atoms with Gasteiger partial charge in [-0.3, -0.25) is 10.1 Å². The van der Waals surface area contributed by atoms with E-state index in [1.165, 1.54) is 12.1 Å². The smallest absolute Gasteiger partial charge is 0.272 e. The molecular formula is C9H10ClFN2O3. The predicted octanol–water partition coefficient (Wildman–Crippen LogP) is 1.75. The zero-order valence-corrected chi connectivity index (χ0v) is 8.95. The first-order valence-electron chi connectivity index (χ1n) is 4.46. The van der Waals surface area contributed by atoms with Crippen molar-refractivity contribution >= 4 is 23.0 Å². The number of nitro benzene ring substituents is 1. The predicted molar refractivity (Wildman–Crippen MR) is 58.3 cm³/mol. The first kappa shape index (κ1) is 12.7. The number of non-ortho nitro benzene ring substituents is 1. The summed E-state index contributed by atoms with van der Waals surface area (Å²) in [4.78, 5) is 9.66. The van der Waals surface area contributed by atoms with Crippen LogP contribution in [-0.2, 0) is 0 Å². The number of aliphatic hydroxyl groups excluding tert-OH is 1. The van der Waals surface area contributed by atoms with Crippen molar-refractivity contribution in [3.63, 3.8) is 0 Å². The summed E-state index contributed by atoms with van der Waals surface area (Å²) in [6, 6.07) is 3.24. The largest absolute Gasteiger partial charge is 0.390 e. The molecule has 0 heterocycles. The fourth-order valence-electron chi connectivity index (χ4n) is 1.04. The molecule has 16 heavy (non-hydrogen) atoms. The van der Waals surface area contributed by atoms with Crippen molar-refractivity contribution in [2.45, 2.75) is 6.10 Å². The minimum absolute atomic E-state index is 0.0294. The average molecular weight is 249 g/mol. The summed E-state index contributed by atoms with van der Waals surface area (Å²) in [5, 5.41) is 22.1. The van der Waals surface area contributed by atoms with Gasteiger partial charge in [0.2, 0.25) is 0 Å². The van der Waals surface area contributed by atoms with Crippen LogP contribution in [0, 0.1) is 15.9 Å². The maximum Gasteiger partial charge on any atom is 0.272 e. The molecule has 0 spiro atoms. The second-order valence-electron chi connectivity index (χ2n) is 3.11. The Morgan fingerprint density at radius 1 is 1.62 bits per heavy atom. The van der Waals surface area contributed by atoms with Gasteiger partial charge in [0.25, 0.3) is 5.69 Å². The summed E-state index contributed by atoms with van der Waals surface area (Å²) in [5.74, 6) is -0.710. The third-order valence-electron chi connectivity index (χ3n) is 1.87. The van der Waals surface area contributed by atoms with Crippen molar-refractivity contribution < 1.29 is 14.4 Å². The highest BCUT2D eigenvalue weighted by Crippen LogP contribution is 2.20. The highest BCUT2D eigenvalue weighted by molar-refractivity contribution is 6.18. The van der Waals surface area contributed by atoms with Gasteiger partial charge >= 0.3 is 0 Å². The van der Waals surface area contributed by atoms with Crippen LogP contribution < -0.4 is 5.32 Å². The lowest BCUT2D eigenvalue weighted by Gasteiger charge is -2.10. The molecule has 0 radical (unpaired) electrons.